The lowest BCUT2D eigenvalue weighted by molar-refractivity contribution is -0.140. The number of ketones is 1. The van der Waals surface area contributed by atoms with Crippen molar-refractivity contribution in [2.75, 3.05) is 26.7 Å². The molecule has 3 rings (SSSR count). The van der Waals surface area contributed by atoms with Crippen LogP contribution in [0.1, 0.15) is 30.4 Å². The minimum atomic E-state index is -4.54. The Morgan fingerprint density at radius 1 is 1.29 bits per heavy atom. The lowest BCUT2D eigenvalue weighted by atomic mass is 9.99. The summed E-state index contributed by atoms with van der Waals surface area (Å²) in [5.41, 5.74) is -0.767. The fraction of sp³-hybridized carbons (Fsp3) is 0.474. The van der Waals surface area contributed by atoms with Gasteiger partial charge in [-0.15, -0.1) is 0 Å². The van der Waals surface area contributed by atoms with E-state index in [2.05, 4.69) is 10.1 Å². The van der Waals surface area contributed by atoms with E-state index in [0.717, 1.165) is 31.4 Å². The second-order valence-corrected chi connectivity index (χ2v) is 6.64. The van der Waals surface area contributed by atoms with Crippen molar-refractivity contribution in [1.82, 2.24) is 10.2 Å². The predicted molar refractivity (Wildman–Crippen MR) is 93.7 cm³/mol. The molecule has 1 fully saturated rings. The molecule has 2 aliphatic heterocycles. The monoisotopic (exact) mass is 398 g/mol. The topological polar surface area (TPSA) is 67.9 Å². The summed E-state index contributed by atoms with van der Waals surface area (Å²) in [7, 11) is 1.21. The maximum atomic E-state index is 13.1. The van der Waals surface area contributed by atoms with Crippen LogP contribution in [0.2, 0.25) is 0 Å². The highest BCUT2D eigenvalue weighted by Crippen LogP contribution is 2.35. The highest BCUT2D eigenvalue weighted by molar-refractivity contribution is 6.24. The molecule has 6 nitrogen and oxygen atoms in total. The smallest absolute Gasteiger partial charge is 0.416 e. The normalized spacial score (nSPS) is 20.9. The number of rotatable bonds is 5. The van der Waals surface area contributed by atoms with Gasteiger partial charge in [-0.2, -0.15) is 13.2 Å². The third kappa shape index (κ3) is 4.30. The highest BCUT2D eigenvalue weighted by Gasteiger charge is 2.41. The first-order chi connectivity index (χ1) is 13.3. The van der Waals surface area contributed by atoms with Crippen LogP contribution in [0.25, 0.3) is 5.57 Å². The van der Waals surface area contributed by atoms with Crippen LogP contribution >= 0.6 is 0 Å². The third-order valence-corrected chi connectivity index (χ3v) is 4.75. The summed E-state index contributed by atoms with van der Waals surface area (Å²) in [4.78, 5) is 26.4. The molecule has 28 heavy (non-hydrogen) atoms. The van der Waals surface area contributed by atoms with Crippen molar-refractivity contribution < 1.29 is 32.2 Å². The molecule has 1 saturated heterocycles. The van der Waals surface area contributed by atoms with Crippen molar-refractivity contribution in [2.24, 2.45) is 0 Å². The Balaban J connectivity index is 1.93. The van der Waals surface area contributed by atoms with E-state index in [9.17, 15) is 22.8 Å². The van der Waals surface area contributed by atoms with Crippen LogP contribution in [-0.4, -0.2) is 49.6 Å². The van der Waals surface area contributed by atoms with Gasteiger partial charge >= 0.3 is 12.1 Å². The fourth-order valence-corrected chi connectivity index (χ4v) is 3.33. The van der Waals surface area contributed by atoms with Gasteiger partial charge in [0.2, 0.25) is 17.9 Å². The third-order valence-electron chi connectivity index (χ3n) is 4.75. The van der Waals surface area contributed by atoms with Gasteiger partial charge in [0.15, 0.2) is 0 Å². The van der Waals surface area contributed by atoms with E-state index in [0.29, 0.717) is 13.1 Å². The Hall–Kier alpha value is -2.55. The maximum absolute atomic E-state index is 13.1. The maximum Gasteiger partial charge on any atom is 0.416 e. The molecule has 0 spiro atoms. The number of benzene rings is 1. The average molecular weight is 398 g/mol. The van der Waals surface area contributed by atoms with Gasteiger partial charge in [-0.25, -0.2) is 0 Å². The van der Waals surface area contributed by atoms with Crippen molar-refractivity contribution in [3.8, 4) is 0 Å². The number of piperidine rings is 1. The number of nitrogens with zero attached hydrogens (tertiary/aromatic N) is 1. The van der Waals surface area contributed by atoms with Crippen molar-refractivity contribution in [3.63, 3.8) is 0 Å². The molecule has 1 aromatic rings. The standard InChI is InChI=1S/C19H21F3N2O4/c1-27-14(25)11-23-17-15(12-6-5-7-13(10-12)19(20,21)22)16(26)18(28-17)24-8-3-2-4-9-24/h5-7,10,18,23H,2-4,8-9,11H2,1H3. The summed E-state index contributed by atoms with van der Waals surface area (Å²) in [5.74, 6) is -1.02. The molecular weight excluding hydrogens is 377 g/mol. The number of nitrogens with one attached hydrogen (secondary N) is 1. The van der Waals surface area contributed by atoms with E-state index in [1.807, 2.05) is 4.90 Å². The molecule has 0 amide bonds. The van der Waals surface area contributed by atoms with E-state index in [1.165, 1.54) is 19.2 Å². The zero-order valence-electron chi connectivity index (χ0n) is 15.3. The number of hydrogen-bond donors (Lipinski definition) is 1. The van der Waals surface area contributed by atoms with Crippen molar-refractivity contribution in [3.05, 3.63) is 41.3 Å². The summed E-state index contributed by atoms with van der Waals surface area (Å²) < 4.78 is 49.6. The van der Waals surface area contributed by atoms with Gasteiger partial charge in [0, 0.05) is 13.1 Å². The fourth-order valence-electron chi connectivity index (χ4n) is 3.33. The van der Waals surface area contributed by atoms with Crippen LogP contribution in [0.15, 0.2) is 30.1 Å². The van der Waals surface area contributed by atoms with E-state index >= 15 is 0 Å². The van der Waals surface area contributed by atoms with Gasteiger partial charge in [0.25, 0.3) is 0 Å². The summed E-state index contributed by atoms with van der Waals surface area (Å²) in [6.45, 7) is 1.06. The van der Waals surface area contributed by atoms with Gasteiger partial charge in [-0.3, -0.25) is 14.5 Å². The zero-order valence-corrected chi connectivity index (χ0v) is 15.3. The van der Waals surface area contributed by atoms with Crippen LogP contribution in [0.4, 0.5) is 13.2 Å². The molecule has 2 aliphatic rings. The number of esters is 1. The SMILES string of the molecule is COC(=O)CNC1=C(c2cccc(C(F)(F)F)c2)C(=O)C(N2CCCCC2)O1. The molecule has 1 N–H and O–H groups in total. The Kier molecular flexibility index (Phi) is 5.93. The van der Waals surface area contributed by atoms with Gasteiger partial charge in [0.1, 0.15) is 6.54 Å². The van der Waals surface area contributed by atoms with E-state index in [1.54, 1.807) is 0 Å². The lowest BCUT2D eigenvalue weighted by Crippen LogP contribution is -2.43. The number of methoxy groups -OCH3 is 1. The zero-order chi connectivity index (χ0) is 20.3. The first-order valence-corrected chi connectivity index (χ1v) is 8.99. The molecule has 2 heterocycles. The van der Waals surface area contributed by atoms with E-state index in [-0.39, 0.29) is 23.6 Å². The second-order valence-electron chi connectivity index (χ2n) is 6.64. The lowest BCUT2D eigenvalue weighted by Gasteiger charge is -2.30. The minimum Gasteiger partial charge on any atom is -0.468 e. The molecule has 0 saturated carbocycles. The number of Topliss-reactive ketones (excluding diaryl/α,β-unsaturated/α-hetero) is 1. The quantitative estimate of drug-likeness (QED) is 0.769. The van der Waals surface area contributed by atoms with Gasteiger partial charge in [-0.05, 0) is 30.5 Å². The molecular formula is C19H21F3N2O4. The summed E-state index contributed by atoms with van der Waals surface area (Å²) in [6, 6.07) is 4.51. The average Bonchev–Trinajstić information content (AvgIpc) is 3.02. The number of carbonyl (C=O) groups excluding carboxylic acids is 2. The van der Waals surface area contributed by atoms with E-state index in [4.69, 9.17) is 4.74 Å². The van der Waals surface area contributed by atoms with Crippen LogP contribution in [-0.2, 0) is 25.2 Å². The van der Waals surface area contributed by atoms with Gasteiger partial charge in [0.05, 0.1) is 18.2 Å². The molecule has 0 aromatic heterocycles. The Labute approximate surface area is 160 Å². The second kappa shape index (κ2) is 8.22. The van der Waals surface area contributed by atoms with Crippen LogP contribution in [0.3, 0.4) is 0 Å². The van der Waals surface area contributed by atoms with E-state index < -0.39 is 29.7 Å². The predicted octanol–water partition coefficient (Wildman–Crippen LogP) is 2.55. The minimum absolute atomic E-state index is 0.00516. The highest BCUT2D eigenvalue weighted by atomic mass is 19.4. The summed E-state index contributed by atoms with van der Waals surface area (Å²) in [6.07, 6.45) is -2.57. The Morgan fingerprint density at radius 2 is 2.00 bits per heavy atom. The Morgan fingerprint density at radius 3 is 2.64 bits per heavy atom. The number of halogens is 3. The van der Waals surface area contributed by atoms with Crippen molar-refractivity contribution in [2.45, 2.75) is 31.7 Å². The van der Waals surface area contributed by atoms with Crippen LogP contribution in [0.5, 0.6) is 0 Å². The summed E-state index contributed by atoms with van der Waals surface area (Å²) in [5, 5.41) is 2.69. The van der Waals surface area contributed by atoms with Gasteiger partial charge in [-0.1, -0.05) is 18.6 Å². The first kappa shape index (κ1) is 20.2. The van der Waals surface area contributed by atoms with Crippen LogP contribution in [0, 0.1) is 0 Å². The van der Waals surface area contributed by atoms with Gasteiger partial charge < -0.3 is 14.8 Å². The Bertz CT molecular complexity index is 786. The molecule has 1 aromatic carbocycles. The summed E-state index contributed by atoms with van der Waals surface area (Å²) >= 11 is 0. The molecule has 1 atom stereocenters. The molecule has 0 aliphatic carbocycles. The number of carbonyl (C=O) groups is 2. The first-order valence-electron chi connectivity index (χ1n) is 8.99. The van der Waals surface area contributed by atoms with Crippen molar-refractivity contribution in [1.29, 1.82) is 0 Å². The van der Waals surface area contributed by atoms with Crippen LogP contribution < -0.4 is 5.32 Å². The largest absolute Gasteiger partial charge is 0.468 e. The molecule has 9 heteroatoms. The molecule has 0 radical (unpaired) electrons. The molecule has 152 valence electrons. The number of ether oxygens (including phenoxy) is 2. The molecule has 1 unspecified atom stereocenters. The number of alkyl halides is 3. The molecule has 0 bridgehead atoms. The number of likely N-dealkylation sites (tertiary alicyclic amines) is 1. The number of hydrogen-bond acceptors (Lipinski definition) is 6. The van der Waals surface area contributed by atoms with Crippen molar-refractivity contribution >= 4 is 17.3 Å².